The van der Waals surface area contributed by atoms with Gasteiger partial charge in [0.1, 0.15) is 5.75 Å². The number of carbonyl (C=O) groups excluding carboxylic acids is 1. The summed E-state index contributed by atoms with van der Waals surface area (Å²) in [6, 6.07) is 18.3. The van der Waals surface area contributed by atoms with Gasteiger partial charge in [-0.2, -0.15) is 0 Å². The first-order valence-electron chi connectivity index (χ1n) is 13.5. The van der Waals surface area contributed by atoms with Gasteiger partial charge >= 0.3 is 0 Å². The molecule has 3 saturated heterocycles. The molecule has 0 aliphatic carbocycles. The molecule has 0 aromatic heterocycles. The van der Waals surface area contributed by atoms with Crippen LogP contribution in [0.2, 0.25) is 0 Å². The lowest BCUT2D eigenvalue weighted by molar-refractivity contribution is -0.139. The minimum absolute atomic E-state index is 0.141. The van der Waals surface area contributed by atoms with Crippen molar-refractivity contribution < 1.29 is 17.9 Å². The fourth-order valence-corrected chi connectivity index (χ4v) is 7.63. The van der Waals surface area contributed by atoms with Crippen molar-refractivity contribution in [2.45, 2.75) is 38.6 Å². The molecule has 2 atom stereocenters. The molecule has 1 amide bonds. The van der Waals surface area contributed by atoms with Gasteiger partial charge in [0.05, 0.1) is 18.3 Å². The normalized spacial score (nSPS) is 24.7. The van der Waals surface area contributed by atoms with Crippen molar-refractivity contribution in [1.29, 1.82) is 0 Å². The first-order chi connectivity index (χ1) is 17.8. The van der Waals surface area contributed by atoms with Gasteiger partial charge in [-0.15, -0.1) is 0 Å². The highest BCUT2D eigenvalue weighted by molar-refractivity contribution is 7.89. The van der Waals surface area contributed by atoms with Crippen LogP contribution in [0.5, 0.6) is 5.75 Å². The predicted octanol–water partition coefficient (Wildman–Crippen LogP) is 3.58. The molecule has 8 heteroatoms. The first-order valence-corrected chi connectivity index (χ1v) is 15.1. The summed E-state index contributed by atoms with van der Waals surface area (Å²) in [7, 11) is -1.56. The van der Waals surface area contributed by atoms with Crippen LogP contribution in [-0.4, -0.2) is 80.6 Å². The number of amides is 1. The van der Waals surface area contributed by atoms with Gasteiger partial charge in [0, 0.05) is 38.6 Å². The predicted molar refractivity (Wildman–Crippen MR) is 145 cm³/mol. The van der Waals surface area contributed by atoms with E-state index in [0.717, 1.165) is 56.8 Å². The molecular weight excluding hydrogens is 486 g/mol. The number of sulfonamides is 1. The second-order valence-corrected chi connectivity index (χ2v) is 13.2. The van der Waals surface area contributed by atoms with Gasteiger partial charge in [0.15, 0.2) is 0 Å². The summed E-state index contributed by atoms with van der Waals surface area (Å²) in [5.74, 6) is 1.72. The topological polar surface area (TPSA) is 70.2 Å². The van der Waals surface area contributed by atoms with Gasteiger partial charge in [-0.05, 0) is 68.5 Å². The van der Waals surface area contributed by atoms with E-state index in [1.165, 1.54) is 5.56 Å². The van der Waals surface area contributed by atoms with Crippen molar-refractivity contribution in [2.75, 3.05) is 52.1 Å². The average molecular weight is 526 g/mol. The lowest BCUT2D eigenvalue weighted by Crippen LogP contribution is -2.46. The molecule has 3 fully saturated rings. The van der Waals surface area contributed by atoms with Crippen LogP contribution in [0.15, 0.2) is 54.6 Å². The van der Waals surface area contributed by atoms with Crippen molar-refractivity contribution in [3.05, 3.63) is 65.7 Å². The first kappa shape index (κ1) is 26.2. The number of likely N-dealkylation sites (tertiary alicyclic amines) is 2. The number of hydrogen-bond acceptors (Lipinski definition) is 5. The fourth-order valence-electron chi connectivity index (χ4n) is 6.46. The molecule has 3 aliphatic rings. The zero-order valence-corrected chi connectivity index (χ0v) is 22.8. The maximum Gasteiger partial charge on any atom is 0.229 e. The third-order valence-electron chi connectivity index (χ3n) is 8.83. The highest BCUT2D eigenvalue weighted by Crippen LogP contribution is 2.43. The van der Waals surface area contributed by atoms with Crippen molar-refractivity contribution in [2.24, 2.45) is 11.3 Å². The van der Waals surface area contributed by atoms with Crippen molar-refractivity contribution >= 4 is 15.9 Å². The van der Waals surface area contributed by atoms with Gasteiger partial charge in [0.25, 0.3) is 0 Å². The largest absolute Gasteiger partial charge is 0.497 e. The SMILES string of the molecule is CCS(=O)(=O)N1CC(CN2CCC3(CC2)CCN(Cc2ccc(OC)cc2)C3=O)C(c2ccccc2)C1. The summed E-state index contributed by atoms with van der Waals surface area (Å²) in [6.07, 6.45) is 2.68. The lowest BCUT2D eigenvalue weighted by Gasteiger charge is -2.39. The van der Waals surface area contributed by atoms with E-state index in [2.05, 4.69) is 17.0 Å². The second kappa shape index (κ2) is 10.8. The zero-order valence-electron chi connectivity index (χ0n) is 22.0. The number of rotatable bonds is 8. The molecule has 2 aromatic carbocycles. The van der Waals surface area contributed by atoms with E-state index in [1.807, 2.05) is 47.4 Å². The van der Waals surface area contributed by atoms with E-state index in [-0.39, 0.29) is 23.0 Å². The number of benzene rings is 2. The van der Waals surface area contributed by atoms with Crippen LogP contribution in [0.25, 0.3) is 0 Å². The average Bonchev–Trinajstić information content (AvgIpc) is 3.49. The van der Waals surface area contributed by atoms with E-state index in [0.29, 0.717) is 25.5 Å². The third-order valence-corrected chi connectivity index (χ3v) is 10.6. The molecule has 37 heavy (non-hydrogen) atoms. The summed E-state index contributed by atoms with van der Waals surface area (Å²) in [5.41, 5.74) is 2.10. The minimum Gasteiger partial charge on any atom is -0.497 e. The number of carbonyl (C=O) groups is 1. The highest BCUT2D eigenvalue weighted by Gasteiger charge is 2.48. The van der Waals surface area contributed by atoms with Crippen molar-refractivity contribution in [3.8, 4) is 5.75 Å². The number of ether oxygens (including phenoxy) is 1. The van der Waals surface area contributed by atoms with Gasteiger partial charge in [0.2, 0.25) is 15.9 Å². The zero-order chi connectivity index (χ0) is 26.0. The maximum atomic E-state index is 13.5. The molecule has 5 rings (SSSR count). The van der Waals surface area contributed by atoms with Crippen molar-refractivity contribution in [3.63, 3.8) is 0 Å². The lowest BCUT2D eigenvalue weighted by atomic mass is 9.76. The van der Waals surface area contributed by atoms with E-state index in [4.69, 9.17) is 4.74 Å². The van der Waals surface area contributed by atoms with Crippen LogP contribution >= 0.6 is 0 Å². The molecule has 0 bridgehead atoms. The summed E-state index contributed by atoms with van der Waals surface area (Å²) < 4.78 is 32.3. The Labute approximate surface area is 221 Å². The number of methoxy groups -OCH3 is 1. The summed E-state index contributed by atoms with van der Waals surface area (Å²) in [5, 5.41) is 0. The molecule has 3 aliphatic heterocycles. The van der Waals surface area contributed by atoms with E-state index in [1.54, 1.807) is 18.3 Å². The molecule has 0 saturated carbocycles. The Morgan fingerprint density at radius 3 is 2.27 bits per heavy atom. The molecule has 7 nitrogen and oxygen atoms in total. The molecule has 1 spiro atoms. The minimum atomic E-state index is -3.22. The summed E-state index contributed by atoms with van der Waals surface area (Å²) in [6.45, 7) is 6.97. The van der Waals surface area contributed by atoms with E-state index < -0.39 is 10.0 Å². The smallest absolute Gasteiger partial charge is 0.229 e. The van der Waals surface area contributed by atoms with Crippen molar-refractivity contribution in [1.82, 2.24) is 14.1 Å². The molecule has 200 valence electrons. The Morgan fingerprint density at radius 2 is 1.62 bits per heavy atom. The molecule has 2 unspecified atom stereocenters. The molecule has 0 N–H and O–H groups in total. The van der Waals surface area contributed by atoms with Gasteiger partial charge in [-0.3, -0.25) is 4.79 Å². The van der Waals surface area contributed by atoms with Crippen LogP contribution < -0.4 is 4.74 Å². The quantitative estimate of drug-likeness (QED) is 0.527. The van der Waals surface area contributed by atoms with E-state index in [9.17, 15) is 13.2 Å². The van der Waals surface area contributed by atoms with E-state index >= 15 is 0 Å². The van der Waals surface area contributed by atoms with Crippen LogP contribution in [0, 0.1) is 11.3 Å². The second-order valence-electron chi connectivity index (χ2n) is 10.9. The Morgan fingerprint density at radius 1 is 0.946 bits per heavy atom. The standard InChI is InChI=1S/C29H39N3O4S/c1-3-37(34,35)32-21-25(27(22-32)24-7-5-4-6-8-24)20-30-16-13-29(14-17-30)15-18-31(28(29)33)19-23-9-11-26(36-2)12-10-23/h4-12,25,27H,3,13-22H2,1-2H3. The van der Waals surface area contributed by atoms with Crippen LogP contribution in [0.4, 0.5) is 0 Å². The van der Waals surface area contributed by atoms with Crippen LogP contribution in [0.1, 0.15) is 43.2 Å². The fraction of sp³-hybridized carbons (Fsp3) is 0.552. The molecular formula is C29H39N3O4S. The Bertz CT molecular complexity index is 1180. The Hall–Kier alpha value is -2.42. The highest BCUT2D eigenvalue weighted by atomic mass is 32.2. The Kier molecular flexibility index (Phi) is 7.61. The number of piperidine rings is 1. The maximum absolute atomic E-state index is 13.5. The van der Waals surface area contributed by atoms with Gasteiger partial charge in [-0.1, -0.05) is 42.5 Å². The summed E-state index contributed by atoms with van der Waals surface area (Å²) in [4.78, 5) is 18.0. The molecule has 3 heterocycles. The third kappa shape index (κ3) is 5.42. The van der Waals surface area contributed by atoms with Crippen LogP contribution in [0.3, 0.4) is 0 Å². The Balaban J connectivity index is 1.21. The number of nitrogens with zero attached hydrogens (tertiary/aromatic N) is 3. The summed E-state index contributed by atoms with van der Waals surface area (Å²) >= 11 is 0. The number of hydrogen-bond donors (Lipinski definition) is 0. The van der Waals surface area contributed by atoms with Gasteiger partial charge in [-0.25, -0.2) is 12.7 Å². The van der Waals surface area contributed by atoms with Gasteiger partial charge < -0.3 is 14.5 Å². The monoisotopic (exact) mass is 525 g/mol. The van der Waals surface area contributed by atoms with Crippen LogP contribution in [-0.2, 0) is 21.4 Å². The molecule has 2 aromatic rings. The molecule has 0 radical (unpaired) electrons.